The molecule has 3 rings (SSSR count). The number of urea groups is 1. The van der Waals surface area contributed by atoms with Crippen LogP contribution in [-0.2, 0) is 9.53 Å². The Morgan fingerprint density at radius 1 is 1.07 bits per heavy atom. The number of esters is 1. The molecule has 0 saturated carbocycles. The minimum Gasteiger partial charge on any atom is -0.469 e. The number of carbonyl (C=O) groups is 2. The molecule has 8 heteroatoms. The average Bonchev–Trinajstić information content (AvgIpc) is 2.73. The lowest BCUT2D eigenvalue weighted by molar-refractivity contribution is -0.141. The highest BCUT2D eigenvalue weighted by atomic mass is 16.5. The van der Waals surface area contributed by atoms with Gasteiger partial charge in [-0.05, 0) is 45.3 Å². The van der Waals surface area contributed by atoms with Crippen molar-refractivity contribution in [1.29, 1.82) is 0 Å². The van der Waals surface area contributed by atoms with E-state index >= 15 is 0 Å². The van der Waals surface area contributed by atoms with Gasteiger partial charge in [-0.3, -0.25) is 9.69 Å². The maximum absolute atomic E-state index is 12.7. The molecule has 0 radical (unpaired) electrons. The highest BCUT2D eigenvalue weighted by molar-refractivity contribution is 5.74. The summed E-state index contributed by atoms with van der Waals surface area (Å²) in [4.78, 5) is 30.8. The van der Waals surface area contributed by atoms with Crippen molar-refractivity contribution in [3.05, 3.63) is 0 Å². The first-order valence-electron chi connectivity index (χ1n) is 10.4. The molecule has 1 unspecified atom stereocenters. The van der Waals surface area contributed by atoms with Crippen LogP contribution in [0.5, 0.6) is 0 Å². The van der Waals surface area contributed by atoms with Crippen molar-refractivity contribution in [3.63, 3.8) is 0 Å². The van der Waals surface area contributed by atoms with E-state index in [0.29, 0.717) is 19.0 Å². The lowest BCUT2D eigenvalue weighted by atomic mass is 10.0. The highest BCUT2D eigenvalue weighted by Crippen LogP contribution is 2.15. The summed E-state index contributed by atoms with van der Waals surface area (Å²) in [5.74, 6) is -0.173. The van der Waals surface area contributed by atoms with Crippen molar-refractivity contribution in [3.8, 4) is 0 Å². The van der Waals surface area contributed by atoms with Crippen LogP contribution >= 0.6 is 0 Å². The van der Waals surface area contributed by atoms with E-state index in [1.807, 2.05) is 4.90 Å². The maximum atomic E-state index is 12.7. The topological polar surface area (TPSA) is 77.2 Å². The smallest absolute Gasteiger partial charge is 0.317 e. The second-order valence-corrected chi connectivity index (χ2v) is 7.92. The van der Waals surface area contributed by atoms with Crippen molar-refractivity contribution < 1.29 is 14.3 Å². The molecule has 3 aliphatic rings. The molecule has 2 amide bonds. The third-order valence-electron chi connectivity index (χ3n) is 6.12. The zero-order valence-corrected chi connectivity index (χ0v) is 16.6. The van der Waals surface area contributed by atoms with E-state index < -0.39 is 0 Å². The Kier molecular flexibility index (Phi) is 7.72. The molecule has 154 valence electrons. The van der Waals surface area contributed by atoms with Crippen LogP contribution in [-0.4, -0.2) is 105 Å². The fourth-order valence-corrected chi connectivity index (χ4v) is 4.46. The van der Waals surface area contributed by atoms with Crippen molar-refractivity contribution in [2.45, 2.75) is 44.2 Å². The monoisotopic (exact) mass is 381 g/mol. The fraction of sp³-hybridized carbons (Fsp3) is 0.895. The minimum absolute atomic E-state index is 0.0692. The van der Waals surface area contributed by atoms with Gasteiger partial charge in [0.05, 0.1) is 13.5 Å². The number of ether oxygens (including phenoxy) is 1. The molecule has 27 heavy (non-hydrogen) atoms. The zero-order valence-electron chi connectivity index (χ0n) is 16.6. The van der Waals surface area contributed by atoms with Crippen molar-refractivity contribution in [2.24, 2.45) is 0 Å². The van der Waals surface area contributed by atoms with Crippen molar-refractivity contribution in [2.75, 3.05) is 66.0 Å². The van der Waals surface area contributed by atoms with E-state index in [1.54, 1.807) is 0 Å². The van der Waals surface area contributed by atoms with Crippen molar-refractivity contribution in [1.82, 2.24) is 25.3 Å². The first-order valence-corrected chi connectivity index (χ1v) is 10.4. The third kappa shape index (κ3) is 6.05. The Labute approximate surface area is 162 Å². The van der Waals surface area contributed by atoms with Crippen LogP contribution in [0.3, 0.4) is 0 Å². The number of hydrogen-bond acceptors (Lipinski definition) is 6. The molecule has 3 saturated heterocycles. The van der Waals surface area contributed by atoms with Gasteiger partial charge in [0, 0.05) is 51.4 Å². The summed E-state index contributed by atoms with van der Waals surface area (Å²) in [5, 5.41) is 6.63. The van der Waals surface area contributed by atoms with E-state index in [-0.39, 0.29) is 18.0 Å². The number of carbonyl (C=O) groups excluding carboxylic acids is 2. The van der Waals surface area contributed by atoms with Crippen LogP contribution < -0.4 is 10.6 Å². The van der Waals surface area contributed by atoms with Gasteiger partial charge in [-0.2, -0.15) is 0 Å². The Hall–Kier alpha value is -1.38. The minimum atomic E-state index is -0.173. The van der Waals surface area contributed by atoms with Crippen LogP contribution in [0.4, 0.5) is 4.79 Å². The number of piperidine rings is 2. The molecule has 0 aromatic heterocycles. The van der Waals surface area contributed by atoms with Gasteiger partial charge in [-0.1, -0.05) is 0 Å². The largest absolute Gasteiger partial charge is 0.469 e. The number of hydrogen-bond donors (Lipinski definition) is 2. The molecule has 3 aliphatic heterocycles. The summed E-state index contributed by atoms with van der Waals surface area (Å²) in [6, 6.07) is 0.921. The summed E-state index contributed by atoms with van der Waals surface area (Å²) < 4.78 is 4.71. The summed E-state index contributed by atoms with van der Waals surface area (Å²) >= 11 is 0. The lowest BCUT2D eigenvalue weighted by Crippen LogP contribution is -2.58. The number of rotatable bonds is 5. The van der Waals surface area contributed by atoms with Gasteiger partial charge in [0.15, 0.2) is 0 Å². The molecule has 0 aliphatic carbocycles. The number of piperazine rings is 1. The third-order valence-corrected chi connectivity index (χ3v) is 6.12. The Morgan fingerprint density at radius 3 is 2.52 bits per heavy atom. The second-order valence-electron chi connectivity index (χ2n) is 7.92. The summed E-state index contributed by atoms with van der Waals surface area (Å²) in [6.07, 6.45) is 4.91. The molecule has 0 bridgehead atoms. The molecule has 3 heterocycles. The Morgan fingerprint density at radius 2 is 1.81 bits per heavy atom. The summed E-state index contributed by atoms with van der Waals surface area (Å²) in [6.45, 7) is 8.31. The molecule has 0 spiro atoms. The Bertz CT molecular complexity index is 490. The van der Waals surface area contributed by atoms with Gasteiger partial charge >= 0.3 is 12.0 Å². The SMILES string of the molecule is COC(=O)CCN1CCCC(NC(=O)N2CCN(C3CCNCC3)CC2)C1. The van der Waals surface area contributed by atoms with Gasteiger partial charge in [0.25, 0.3) is 0 Å². The quantitative estimate of drug-likeness (QED) is 0.658. The van der Waals surface area contributed by atoms with Gasteiger partial charge in [0.2, 0.25) is 0 Å². The molecular formula is C19H35N5O3. The van der Waals surface area contributed by atoms with Gasteiger partial charge < -0.3 is 25.2 Å². The standard InChI is InChI=1S/C19H35N5O3/c1-27-18(25)6-10-22-9-2-3-16(15-22)21-19(26)24-13-11-23(12-14-24)17-4-7-20-8-5-17/h16-17,20H,2-15H2,1H3,(H,21,26). The number of nitrogens with zero attached hydrogens (tertiary/aromatic N) is 3. The molecule has 0 aromatic carbocycles. The highest BCUT2D eigenvalue weighted by Gasteiger charge is 2.29. The molecule has 8 nitrogen and oxygen atoms in total. The first-order chi connectivity index (χ1) is 13.2. The zero-order chi connectivity index (χ0) is 19.1. The summed E-state index contributed by atoms with van der Waals surface area (Å²) in [7, 11) is 1.42. The summed E-state index contributed by atoms with van der Waals surface area (Å²) in [5.41, 5.74) is 0. The van der Waals surface area contributed by atoms with Crippen LogP contribution in [0.2, 0.25) is 0 Å². The second kappa shape index (κ2) is 10.2. The first kappa shape index (κ1) is 20.4. The van der Waals surface area contributed by atoms with Gasteiger partial charge in [-0.25, -0.2) is 4.79 Å². The molecule has 3 fully saturated rings. The number of likely N-dealkylation sites (tertiary alicyclic amines) is 1. The molecule has 0 aromatic rings. The van der Waals surface area contributed by atoms with Crippen LogP contribution in [0.15, 0.2) is 0 Å². The predicted octanol–water partition coefficient (Wildman–Crippen LogP) is 0.0931. The van der Waals surface area contributed by atoms with Crippen LogP contribution in [0.1, 0.15) is 32.1 Å². The number of methoxy groups -OCH3 is 1. The van der Waals surface area contributed by atoms with E-state index in [9.17, 15) is 9.59 Å². The average molecular weight is 382 g/mol. The van der Waals surface area contributed by atoms with Crippen molar-refractivity contribution >= 4 is 12.0 Å². The van der Waals surface area contributed by atoms with Gasteiger partial charge in [-0.15, -0.1) is 0 Å². The van der Waals surface area contributed by atoms with Gasteiger partial charge in [0.1, 0.15) is 0 Å². The predicted molar refractivity (Wildman–Crippen MR) is 104 cm³/mol. The lowest BCUT2D eigenvalue weighted by Gasteiger charge is -2.41. The maximum Gasteiger partial charge on any atom is 0.317 e. The molecule has 2 N–H and O–H groups in total. The molecule has 1 atom stereocenters. The molecular weight excluding hydrogens is 346 g/mol. The fourth-order valence-electron chi connectivity index (χ4n) is 4.46. The van der Waals surface area contributed by atoms with Crippen LogP contribution in [0.25, 0.3) is 0 Å². The number of amides is 2. The van der Waals surface area contributed by atoms with Crippen LogP contribution in [0, 0.1) is 0 Å². The number of nitrogens with one attached hydrogen (secondary N) is 2. The Balaban J connectivity index is 1.38. The van der Waals surface area contributed by atoms with E-state index in [1.165, 1.54) is 20.0 Å². The normalized spacial score (nSPS) is 26.0. The van der Waals surface area contributed by atoms with E-state index in [2.05, 4.69) is 20.4 Å². The van der Waals surface area contributed by atoms with E-state index in [4.69, 9.17) is 4.74 Å². The van der Waals surface area contributed by atoms with E-state index in [0.717, 1.165) is 65.2 Å².